The maximum atomic E-state index is 12.2. The Kier molecular flexibility index (Phi) is 4.39. The van der Waals surface area contributed by atoms with Gasteiger partial charge in [0.15, 0.2) is 0 Å². The minimum Gasteiger partial charge on any atom is -0.497 e. The van der Waals surface area contributed by atoms with E-state index in [4.69, 9.17) is 9.47 Å². The Hall–Kier alpha value is -2.24. The van der Waals surface area contributed by atoms with E-state index in [0.29, 0.717) is 19.0 Å². The predicted molar refractivity (Wildman–Crippen MR) is 91.5 cm³/mol. The summed E-state index contributed by atoms with van der Waals surface area (Å²) in [6.07, 6.45) is 5.45. The van der Waals surface area contributed by atoms with Crippen molar-refractivity contribution in [2.45, 2.75) is 45.1 Å². The second-order valence-electron chi connectivity index (χ2n) is 7.24. The Labute approximate surface area is 142 Å². The lowest BCUT2D eigenvalue weighted by atomic mass is 9.90. The van der Waals surface area contributed by atoms with Crippen molar-refractivity contribution < 1.29 is 14.3 Å². The first kappa shape index (κ1) is 16.6. The summed E-state index contributed by atoms with van der Waals surface area (Å²) in [6.45, 7) is 7.10. The molecule has 3 rings (SSSR count). The number of ether oxygens (including phenoxy) is 2. The number of hydrogen-bond donors (Lipinski definition) is 0. The first-order valence-corrected chi connectivity index (χ1v) is 8.36. The summed E-state index contributed by atoms with van der Waals surface area (Å²) in [5.74, 6) is 1.23. The van der Waals surface area contributed by atoms with E-state index in [0.717, 1.165) is 24.1 Å². The first-order valence-electron chi connectivity index (χ1n) is 8.36. The van der Waals surface area contributed by atoms with Gasteiger partial charge in [0.2, 0.25) is 0 Å². The number of likely N-dealkylation sites (tertiary alicyclic amines) is 1. The van der Waals surface area contributed by atoms with Gasteiger partial charge >= 0.3 is 6.09 Å². The number of amides is 1. The van der Waals surface area contributed by atoms with E-state index in [-0.39, 0.29) is 6.09 Å². The summed E-state index contributed by atoms with van der Waals surface area (Å²) < 4.78 is 12.6. The maximum absolute atomic E-state index is 12.2. The molecule has 6 heteroatoms. The van der Waals surface area contributed by atoms with Gasteiger partial charge in [0.05, 0.1) is 18.8 Å². The molecule has 0 spiro atoms. The molecule has 2 aromatic rings. The average Bonchev–Trinajstić information content (AvgIpc) is 2.96. The molecule has 0 atom stereocenters. The monoisotopic (exact) mass is 331 g/mol. The molecular weight excluding hydrogens is 306 g/mol. The molecule has 6 nitrogen and oxygen atoms in total. The predicted octanol–water partition coefficient (Wildman–Crippen LogP) is 3.46. The highest BCUT2D eigenvalue weighted by atomic mass is 16.6. The molecule has 0 N–H and O–H groups in total. The second-order valence-corrected chi connectivity index (χ2v) is 7.24. The number of rotatable bonds is 2. The lowest BCUT2D eigenvalue weighted by Crippen LogP contribution is -2.41. The van der Waals surface area contributed by atoms with Crippen molar-refractivity contribution in [1.29, 1.82) is 0 Å². The van der Waals surface area contributed by atoms with Crippen molar-refractivity contribution in [3.63, 3.8) is 0 Å². The maximum Gasteiger partial charge on any atom is 0.410 e. The van der Waals surface area contributed by atoms with Gasteiger partial charge in [0, 0.05) is 30.9 Å². The van der Waals surface area contributed by atoms with Crippen molar-refractivity contribution in [3.05, 3.63) is 30.1 Å². The smallest absolute Gasteiger partial charge is 0.410 e. The Morgan fingerprint density at radius 3 is 2.62 bits per heavy atom. The highest BCUT2D eigenvalue weighted by Gasteiger charge is 2.28. The van der Waals surface area contributed by atoms with Gasteiger partial charge in [-0.1, -0.05) is 0 Å². The summed E-state index contributed by atoms with van der Waals surface area (Å²) in [6, 6.07) is 3.91. The van der Waals surface area contributed by atoms with Gasteiger partial charge < -0.3 is 14.4 Å². The molecule has 2 aromatic heterocycles. The van der Waals surface area contributed by atoms with Gasteiger partial charge in [-0.05, 0) is 45.6 Å². The number of hydrogen-bond acceptors (Lipinski definition) is 4. The van der Waals surface area contributed by atoms with E-state index >= 15 is 0 Å². The number of piperidine rings is 1. The molecule has 0 aromatic carbocycles. The van der Waals surface area contributed by atoms with Gasteiger partial charge in [-0.2, -0.15) is 5.10 Å². The SMILES string of the molecule is COc1ccn2ncc(C3CCN(C(=O)OC(C)(C)C)CC3)c2c1. The molecule has 3 heterocycles. The normalized spacial score (nSPS) is 16.4. The molecule has 0 aliphatic carbocycles. The second kappa shape index (κ2) is 6.34. The zero-order chi connectivity index (χ0) is 17.3. The lowest BCUT2D eigenvalue weighted by molar-refractivity contribution is 0.0205. The van der Waals surface area contributed by atoms with Crippen molar-refractivity contribution in [2.75, 3.05) is 20.2 Å². The molecule has 24 heavy (non-hydrogen) atoms. The van der Waals surface area contributed by atoms with Crippen LogP contribution in [0, 0.1) is 0 Å². The number of carbonyl (C=O) groups excluding carboxylic acids is 1. The molecule has 0 unspecified atom stereocenters. The number of nitrogens with zero attached hydrogens (tertiary/aromatic N) is 3. The fraction of sp³-hybridized carbons (Fsp3) is 0.556. The standard InChI is InChI=1S/C18H25N3O3/c1-18(2,3)24-17(22)20-8-5-13(6-9-20)15-12-19-21-10-7-14(23-4)11-16(15)21/h7,10-13H,5-6,8-9H2,1-4H3. The van der Waals surface area contributed by atoms with Crippen LogP contribution in [-0.4, -0.2) is 46.4 Å². The summed E-state index contributed by atoms with van der Waals surface area (Å²) in [5.41, 5.74) is 1.84. The van der Waals surface area contributed by atoms with Crippen molar-refractivity contribution in [1.82, 2.24) is 14.5 Å². The molecule has 1 saturated heterocycles. The summed E-state index contributed by atoms with van der Waals surface area (Å²) in [7, 11) is 1.67. The largest absolute Gasteiger partial charge is 0.497 e. The molecule has 0 radical (unpaired) electrons. The third-order valence-corrected chi connectivity index (χ3v) is 4.34. The van der Waals surface area contributed by atoms with Gasteiger partial charge in [-0.3, -0.25) is 0 Å². The molecule has 1 aliphatic heterocycles. The average molecular weight is 331 g/mol. The molecule has 0 bridgehead atoms. The van der Waals surface area contributed by atoms with E-state index in [1.807, 2.05) is 49.8 Å². The highest BCUT2D eigenvalue weighted by molar-refractivity contribution is 5.68. The number of fused-ring (bicyclic) bond motifs is 1. The van der Waals surface area contributed by atoms with Crippen LogP contribution in [0.25, 0.3) is 5.52 Å². The zero-order valence-corrected chi connectivity index (χ0v) is 14.8. The van der Waals surface area contributed by atoms with Gasteiger partial charge in [-0.25, -0.2) is 9.31 Å². The minimum atomic E-state index is -0.451. The summed E-state index contributed by atoms with van der Waals surface area (Å²) >= 11 is 0. The van der Waals surface area contributed by atoms with E-state index in [2.05, 4.69) is 5.10 Å². The Balaban J connectivity index is 1.70. The Morgan fingerprint density at radius 2 is 2.00 bits per heavy atom. The zero-order valence-electron chi connectivity index (χ0n) is 14.8. The van der Waals surface area contributed by atoms with Crippen LogP contribution >= 0.6 is 0 Å². The number of carbonyl (C=O) groups is 1. The van der Waals surface area contributed by atoms with Crippen LogP contribution in [0.4, 0.5) is 4.79 Å². The Bertz CT molecular complexity index is 725. The van der Waals surface area contributed by atoms with Gasteiger partial charge in [0.1, 0.15) is 11.4 Å². The van der Waals surface area contributed by atoms with Crippen LogP contribution in [-0.2, 0) is 4.74 Å². The molecule has 1 fully saturated rings. The minimum absolute atomic E-state index is 0.220. The molecular formula is C18H25N3O3. The third-order valence-electron chi connectivity index (χ3n) is 4.34. The van der Waals surface area contributed by atoms with Crippen LogP contribution < -0.4 is 4.74 Å². The van der Waals surface area contributed by atoms with Gasteiger partial charge in [0.25, 0.3) is 0 Å². The Morgan fingerprint density at radius 1 is 1.29 bits per heavy atom. The molecule has 1 aliphatic rings. The molecule has 1 amide bonds. The fourth-order valence-corrected chi connectivity index (χ4v) is 3.12. The van der Waals surface area contributed by atoms with Gasteiger partial charge in [-0.15, -0.1) is 0 Å². The van der Waals surface area contributed by atoms with Crippen LogP contribution in [0.3, 0.4) is 0 Å². The summed E-state index contributed by atoms with van der Waals surface area (Å²) in [5, 5.41) is 4.43. The third kappa shape index (κ3) is 3.47. The lowest BCUT2D eigenvalue weighted by Gasteiger charge is -2.33. The highest BCUT2D eigenvalue weighted by Crippen LogP contribution is 2.32. The van der Waals surface area contributed by atoms with E-state index in [1.54, 1.807) is 12.0 Å². The molecule has 0 saturated carbocycles. The number of methoxy groups -OCH3 is 1. The topological polar surface area (TPSA) is 56.1 Å². The fourth-order valence-electron chi connectivity index (χ4n) is 3.12. The summed E-state index contributed by atoms with van der Waals surface area (Å²) in [4.78, 5) is 14.0. The van der Waals surface area contributed by atoms with E-state index < -0.39 is 5.60 Å². The van der Waals surface area contributed by atoms with E-state index in [9.17, 15) is 4.79 Å². The number of pyridine rings is 1. The molecule has 130 valence electrons. The first-order chi connectivity index (χ1) is 11.4. The van der Waals surface area contributed by atoms with Crippen LogP contribution in [0.5, 0.6) is 5.75 Å². The number of aromatic nitrogens is 2. The van der Waals surface area contributed by atoms with Crippen molar-refractivity contribution in [2.24, 2.45) is 0 Å². The van der Waals surface area contributed by atoms with Crippen molar-refractivity contribution >= 4 is 11.6 Å². The van der Waals surface area contributed by atoms with Crippen LogP contribution in [0.2, 0.25) is 0 Å². The quantitative estimate of drug-likeness (QED) is 0.846. The van der Waals surface area contributed by atoms with Crippen LogP contribution in [0.1, 0.15) is 45.1 Å². The van der Waals surface area contributed by atoms with E-state index in [1.165, 1.54) is 5.56 Å². The van der Waals surface area contributed by atoms with Crippen molar-refractivity contribution in [3.8, 4) is 5.75 Å². The van der Waals surface area contributed by atoms with Crippen LogP contribution in [0.15, 0.2) is 24.5 Å².